The van der Waals surface area contributed by atoms with Crippen LogP contribution in [0, 0.1) is 11.3 Å². The summed E-state index contributed by atoms with van der Waals surface area (Å²) in [6, 6.07) is 9.55. The van der Waals surface area contributed by atoms with Crippen molar-refractivity contribution in [3.63, 3.8) is 0 Å². The Morgan fingerprint density at radius 3 is 2.94 bits per heavy atom. The van der Waals surface area contributed by atoms with Gasteiger partial charge in [0.1, 0.15) is 0 Å². The summed E-state index contributed by atoms with van der Waals surface area (Å²) in [5.41, 5.74) is 1.73. The maximum atomic E-state index is 10.3. The Morgan fingerprint density at radius 2 is 2.24 bits per heavy atom. The summed E-state index contributed by atoms with van der Waals surface area (Å²) < 4.78 is 0. The fourth-order valence-electron chi connectivity index (χ4n) is 1.51. The maximum absolute atomic E-state index is 10.3. The molecule has 17 heavy (non-hydrogen) atoms. The van der Waals surface area contributed by atoms with Crippen molar-refractivity contribution < 1.29 is 9.90 Å². The highest BCUT2D eigenvalue weighted by atomic mass is 16.4. The highest BCUT2D eigenvalue weighted by Crippen LogP contribution is 2.03. The molecule has 0 saturated heterocycles. The monoisotopic (exact) mass is 232 g/mol. The SMILES string of the molecule is N#Cc1cccc(CNCCCCC(=O)O)c1. The van der Waals surface area contributed by atoms with Crippen LogP contribution in [0.5, 0.6) is 0 Å². The minimum atomic E-state index is -0.744. The van der Waals surface area contributed by atoms with Crippen LogP contribution >= 0.6 is 0 Å². The van der Waals surface area contributed by atoms with Crippen LogP contribution in [0.3, 0.4) is 0 Å². The summed E-state index contributed by atoms with van der Waals surface area (Å²) >= 11 is 0. The second kappa shape index (κ2) is 7.42. The third-order valence-corrected chi connectivity index (χ3v) is 2.38. The Labute approximate surface area is 101 Å². The number of carboxylic acid groups (broad SMARTS) is 1. The third-order valence-electron chi connectivity index (χ3n) is 2.38. The van der Waals surface area contributed by atoms with Gasteiger partial charge in [0, 0.05) is 13.0 Å². The number of hydrogen-bond acceptors (Lipinski definition) is 3. The molecule has 1 aromatic rings. The molecule has 0 heterocycles. The number of nitrogens with one attached hydrogen (secondary N) is 1. The largest absolute Gasteiger partial charge is 0.481 e. The third kappa shape index (κ3) is 5.69. The summed E-state index contributed by atoms with van der Waals surface area (Å²) in [5, 5.41) is 20.4. The molecule has 0 aromatic heterocycles. The number of nitrogens with zero attached hydrogens (tertiary/aromatic N) is 1. The van der Waals surface area contributed by atoms with Gasteiger partial charge in [-0.15, -0.1) is 0 Å². The van der Waals surface area contributed by atoms with E-state index in [1.54, 1.807) is 6.07 Å². The highest BCUT2D eigenvalue weighted by molar-refractivity contribution is 5.66. The molecular weight excluding hydrogens is 216 g/mol. The number of nitriles is 1. The van der Waals surface area contributed by atoms with Crippen LogP contribution in [0.2, 0.25) is 0 Å². The molecule has 0 bridgehead atoms. The number of rotatable bonds is 7. The molecule has 0 amide bonds. The predicted octanol–water partition coefficient (Wildman–Crippen LogP) is 1.90. The summed E-state index contributed by atoms with van der Waals surface area (Å²) in [6.45, 7) is 1.51. The van der Waals surface area contributed by atoms with Gasteiger partial charge in [0.25, 0.3) is 0 Å². The molecule has 0 fully saturated rings. The van der Waals surface area contributed by atoms with Crippen molar-refractivity contribution in [3.05, 3.63) is 35.4 Å². The zero-order chi connectivity index (χ0) is 12.5. The molecule has 1 aromatic carbocycles. The smallest absolute Gasteiger partial charge is 0.303 e. The standard InChI is InChI=1S/C13H16N2O2/c14-9-11-4-3-5-12(8-11)10-15-7-2-1-6-13(16)17/h3-5,8,15H,1-2,6-7,10H2,(H,16,17). The summed E-state index contributed by atoms with van der Waals surface area (Å²) in [6.07, 6.45) is 1.77. The minimum Gasteiger partial charge on any atom is -0.481 e. The Bertz CT molecular complexity index is 410. The first-order valence-corrected chi connectivity index (χ1v) is 5.64. The molecular formula is C13H16N2O2. The van der Waals surface area contributed by atoms with Crippen LogP contribution < -0.4 is 5.32 Å². The molecule has 0 spiro atoms. The van der Waals surface area contributed by atoms with E-state index in [-0.39, 0.29) is 6.42 Å². The van der Waals surface area contributed by atoms with Crippen molar-refractivity contribution in [1.82, 2.24) is 5.32 Å². The number of carboxylic acids is 1. The number of carbonyl (C=O) groups is 1. The first-order chi connectivity index (χ1) is 8.22. The molecule has 4 nitrogen and oxygen atoms in total. The topological polar surface area (TPSA) is 73.1 Å². The highest BCUT2D eigenvalue weighted by Gasteiger charge is 1.97. The van der Waals surface area contributed by atoms with Gasteiger partial charge in [-0.1, -0.05) is 12.1 Å². The van der Waals surface area contributed by atoms with Crippen molar-refractivity contribution >= 4 is 5.97 Å². The number of aliphatic carboxylic acids is 1. The molecule has 4 heteroatoms. The Hall–Kier alpha value is -1.86. The molecule has 1 rings (SSSR count). The normalized spacial score (nSPS) is 9.82. The molecule has 0 aliphatic carbocycles. The van der Waals surface area contributed by atoms with Crippen LogP contribution in [0.4, 0.5) is 0 Å². The molecule has 0 radical (unpaired) electrons. The van der Waals surface area contributed by atoms with E-state index in [4.69, 9.17) is 10.4 Å². The van der Waals surface area contributed by atoms with Crippen molar-refractivity contribution in [1.29, 1.82) is 5.26 Å². The minimum absolute atomic E-state index is 0.228. The van der Waals surface area contributed by atoms with Crippen LogP contribution in [0.1, 0.15) is 30.4 Å². The lowest BCUT2D eigenvalue weighted by atomic mass is 10.1. The summed E-state index contributed by atoms with van der Waals surface area (Å²) in [5.74, 6) is -0.744. The molecule has 2 N–H and O–H groups in total. The molecule has 0 unspecified atom stereocenters. The Balaban J connectivity index is 2.18. The fourth-order valence-corrected chi connectivity index (χ4v) is 1.51. The lowest BCUT2D eigenvalue weighted by Crippen LogP contribution is -2.15. The first-order valence-electron chi connectivity index (χ1n) is 5.64. The van der Waals surface area contributed by atoms with Crippen LogP contribution in [0.15, 0.2) is 24.3 Å². The second-order valence-electron chi connectivity index (χ2n) is 3.84. The van der Waals surface area contributed by atoms with Crippen molar-refractivity contribution in [2.75, 3.05) is 6.54 Å². The predicted molar refractivity (Wildman–Crippen MR) is 64.4 cm³/mol. The van der Waals surface area contributed by atoms with Crippen LogP contribution in [-0.2, 0) is 11.3 Å². The van der Waals surface area contributed by atoms with E-state index in [1.807, 2.05) is 18.2 Å². The van der Waals surface area contributed by atoms with E-state index < -0.39 is 5.97 Å². The second-order valence-corrected chi connectivity index (χ2v) is 3.84. The zero-order valence-electron chi connectivity index (χ0n) is 9.65. The number of unbranched alkanes of at least 4 members (excludes halogenated alkanes) is 1. The molecule has 0 atom stereocenters. The zero-order valence-corrected chi connectivity index (χ0v) is 9.65. The summed E-state index contributed by atoms with van der Waals surface area (Å²) in [4.78, 5) is 10.3. The van der Waals surface area contributed by atoms with E-state index >= 15 is 0 Å². The van der Waals surface area contributed by atoms with Crippen molar-refractivity contribution in [3.8, 4) is 6.07 Å². The van der Waals surface area contributed by atoms with Gasteiger partial charge in [0.15, 0.2) is 0 Å². The first kappa shape index (κ1) is 13.2. The Kier molecular flexibility index (Phi) is 5.76. The van der Waals surface area contributed by atoms with Gasteiger partial charge in [0.2, 0.25) is 0 Å². The maximum Gasteiger partial charge on any atom is 0.303 e. The van der Waals surface area contributed by atoms with Gasteiger partial charge in [-0.2, -0.15) is 5.26 Å². The number of hydrogen-bond donors (Lipinski definition) is 2. The summed E-state index contributed by atoms with van der Waals surface area (Å²) in [7, 11) is 0. The van der Waals surface area contributed by atoms with E-state index in [0.29, 0.717) is 18.5 Å². The van der Waals surface area contributed by atoms with Gasteiger partial charge in [-0.3, -0.25) is 4.79 Å². The van der Waals surface area contributed by atoms with E-state index in [2.05, 4.69) is 11.4 Å². The van der Waals surface area contributed by atoms with E-state index in [9.17, 15) is 4.79 Å². The number of benzene rings is 1. The Morgan fingerprint density at radius 1 is 1.41 bits per heavy atom. The average Bonchev–Trinajstić information content (AvgIpc) is 2.33. The van der Waals surface area contributed by atoms with Gasteiger partial charge < -0.3 is 10.4 Å². The van der Waals surface area contributed by atoms with Crippen LogP contribution in [0.25, 0.3) is 0 Å². The van der Waals surface area contributed by atoms with Crippen LogP contribution in [-0.4, -0.2) is 17.6 Å². The molecule has 0 aliphatic rings. The fraction of sp³-hybridized carbons (Fsp3) is 0.385. The molecule has 0 saturated carbocycles. The van der Waals surface area contributed by atoms with Gasteiger partial charge in [-0.25, -0.2) is 0 Å². The lowest BCUT2D eigenvalue weighted by molar-refractivity contribution is -0.137. The molecule has 0 aliphatic heterocycles. The molecule has 90 valence electrons. The average molecular weight is 232 g/mol. The lowest BCUT2D eigenvalue weighted by Gasteiger charge is -2.04. The van der Waals surface area contributed by atoms with Crippen molar-refractivity contribution in [2.45, 2.75) is 25.8 Å². The van der Waals surface area contributed by atoms with Crippen molar-refractivity contribution in [2.24, 2.45) is 0 Å². The van der Waals surface area contributed by atoms with Gasteiger partial charge >= 0.3 is 5.97 Å². The van der Waals surface area contributed by atoms with Gasteiger partial charge in [-0.05, 0) is 37.1 Å². The van der Waals surface area contributed by atoms with Gasteiger partial charge in [0.05, 0.1) is 11.6 Å². The quantitative estimate of drug-likeness (QED) is 0.704. The van der Waals surface area contributed by atoms with E-state index in [0.717, 1.165) is 18.5 Å². The van der Waals surface area contributed by atoms with E-state index in [1.165, 1.54) is 0 Å².